The topological polar surface area (TPSA) is 109 Å². The van der Waals surface area contributed by atoms with Crippen molar-refractivity contribution in [3.8, 4) is 5.75 Å². The number of methoxy groups -OCH3 is 1. The van der Waals surface area contributed by atoms with E-state index in [9.17, 15) is 14.4 Å². The van der Waals surface area contributed by atoms with Gasteiger partial charge in [-0.25, -0.2) is 4.98 Å². The van der Waals surface area contributed by atoms with Gasteiger partial charge in [0.25, 0.3) is 17.0 Å². The van der Waals surface area contributed by atoms with E-state index in [1.54, 1.807) is 9.47 Å². The predicted octanol–water partition coefficient (Wildman–Crippen LogP) is -0.716. The van der Waals surface area contributed by atoms with Crippen LogP contribution in [-0.4, -0.2) is 52.1 Å². The van der Waals surface area contributed by atoms with Crippen molar-refractivity contribution in [2.75, 3.05) is 26.7 Å². The average molecular weight is 371 g/mol. The van der Waals surface area contributed by atoms with Crippen molar-refractivity contribution in [3.63, 3.8) is 0 Å². The summed E-state index contributed by atoms with van der Waals surface area (Å²) in [7, 11) is 1.46. The third-order valence-electron chi connectivity index (χ3n) is 5.16. The van der Waals surface area contributed by atoms with E-state index in [4.69, 9.17) is 4.74 Å². The van der Waals surface area contributed by atoms with Crippen LogP contribution in [0.2, 0.25) is 0 Å². The maximum Gasteiger partial charge on any atom is 0.259 e. The first kappa shape index (κ1) is 17.5. The number of carbonyl (C=O) groups excluding carboxylic acids is 1. The molecule has 9 nitrogen and oxygen atoms in total. The van der Waals surface area contributed by atoms with Crippen LogP contribution in [0.1, 0.15) is 27.3 Å². The van der Waals surface area contributed by atoms with Crippen LogP contribution in [0.3, 0.4) is 0 Å². The quantitative estimate of drug-likeness (QED) is 0.721. The zero-order valence-electron chi connectivity index (χ0n) is 15.1. The van der Waals surface area contributed by atoms with Gasteiger partial charge in [-0.05, 0) is 6.42 Å². The number of H-pyrrole nitrogens is 1. The molecule has 142 valence electrons. The van der Waals surface area contributed by atoms with E-state index >= 15 is 0 Å². The molecule has 2 aromatic rings. The van der Waals surface area contributed by atoms with E-state index in [0.29, 0.717) is 67.3 Å². The van der Waals surface area contributed by atoms with Gasteiger partial charge in [0.2, 0.25) is 0 Å². The van der Waals surface area contributed by atoms with Crippen molar-refractivity contribution < 1.29 is 9.53 Å². The fraction of sp³-hybridized carbons (Fsp3) is 0.444. The number of rotatable bonds is 2. The van der Waals surface area contributed by atoms with Gasteiger partial charge in [-0.2, -0.15) is 0 Å². The van der Waals surface area contributed by atoms with Crippen molar-refractivity contribution in [1.82, 2.24) is 24.8 Å². The maximum atomic E-state index is 13.4. The zero-order valence-corrected chi connectivity index (χ0v) is 15.1. The van der Waals surface area contributed by atoms with Gasteiger partial charge in [0.15, 0.2) is 0 Å². The number of aromatic amines is 1. The summed E-state index contributed by atoms with van der Waals surface area (Å²) in [6.07, 6.45) is 2.37. The third-order valence-corrected chi connectivity index (χ3v) is 5.16. The number of hydrogen-bond donors (Lipinski definition) is 2. The Morgan fingerprint density at radius 1 is 1.22 bits per heavy atom. The number of amides is 1. The summed E-state index contributed by atoms with van der Waals surface area (Å²) in [6.45, 7) is 2.56. The molecule has 27 heavy (non-hydrogen) atoms. The SMILES string of the molecule is COc1cc(=O)n2c(c1C(=O)N1CCc3c(nc[nH]c3=O)C1)CCNCC2. The maximum absolute atomic E-state index is 13.4. The molecule has 0 atom stereocenters. The highest BCUT2D eigenvalue weighted by Gasteiger charge is 2.30. The number of nitrogens with one attached hydrogen (secondary N) is 2. The molecule has 0 aromatic carbocycles. The lowest BCUT2D eigenvalue weighted by atomic mass is 10.0. The van der Waals surface area contributed by atoms with Gasteiger partial charge >= 0.3 is 0 Å². The molecular formula is C18H21N5O4. The summed E-state index contributed by atoms with van der Waals surface area (Å²) < 4.78 is 7.03. The minimum absolute atomic E-state index is 0.157. The van der Waals surface area contributed by atoms with Crippen LogP contribution >= 0.6 is 0 Å². The van der Waals surface area contributed by atoms with E-state index in [2.05, 4.69) is 15.3 Å². The summed E-state index contributed by atoms with van der Waals surface area (Å²) in [5.41, 5.74) is 2.03. The molecule has 2 aliphatic rings. The van der Waals surface area contributed by atoms with Crippen LogP contribution in [0.5, 0.6) is 5.75 Å². The Kier molecular flexibility index (Phi) is 4.53. The fourth-order valence-electron chi connectivity index (χ4n) is 3.79. The van der Waals surface area contributed by atoms with Crippen molar-refractivity contribution in [1.29, 1.82) is 0 Å². The van der Waals surface area contributed by atoms with Gasteiger partial charge < -0.3 is 24.5 Å². The molecule has 0 fully saturated rings. The van der Waals surface area contributed by atoms with E-state index < -0.39 is 0 Å². The second-order valence-electron chi connectivity index (χ2n) is 6.66. The second-order valence-corrected chi connectivity index (χ2v) is 6.66. The predicted molar refractivity (Wildman–Crippen MR) is 97.1 cm³/mol. The molecule has 2 aromatic heterocycles. The first-order chi connectivity index (χ1) is 13.1. The lowest BCUT2D eigenvalue weighted by Crippen LogP contribution is -2.40. The molecule has 0 radical (unpaired) electrons. The molecule has 4 heterocycles. The lowest BCUT2D eigenvalue weighted by molar-refractivity contribution is 0.0725. The van der Waals surface area contributed by atoms with Crippen LogP contribution < -0.4 is 21.2 Å². The largest absolute Gasteiger partial charge is 0.496 e. The highest BCUT2D eigenvalue weighted by atomic mass is 16.5. The Morgan fingerprint density at radius 2 is 2.07 bits per heavy atom. The molecule has 0 spiro atoms. The van der Waals surface area contributed by atoms with E-state index in [0.717, 1.165) is 0 Å². The first-order valence-electron chi connectivity index (χ1n) is 8.96. The van der Waals surface area contributed by atoms with Gasteiger partial charge in [0, 0.05) is 49.9 Å². The summed E-state index contributed by atoms with van der Waals surface area (Å²) in [5.74, 6) is 0.0908. The average Bonchev–Trinajstić information content (AvgIpc) is 2.93. The first-order valence-corrected chi connectivity index (χ1v) is 8.96. The molecule has 2 aliphatic heterocycles. The third kappa shape index (κ3) is 3.03. The van der Waals surface area contributed by atoms with Crippen molar-refractivity contribution in [3.05, 3.63) is 55.6 Å². The summed E-state index contributed by atoms with van der Waals surface area (Å²) in [4.78, 5) is 46.2. The number of ether oxygens (including phenoxy) is 1. The smallest absolute Gasteiger partial charge is 0.259 e. The summed E-state index contributed by atoms with van der Waals surface area (Å²) >= 11 is 0. The van der Waals surface area contributed by atoms with Gasteiger partial charge in [-0.15, -0.1) is 0 Å². The number of hydrogen-bond acceptors (Lipinski definition) is 6. The molecule has 2 N–H and O–H groups in total. The van der Waals surface area contributed by atoms with Gasteiger partial charge in [0.1, 0.15) is 11.3 Å². The van der Waals surface area contributed by atoms with E-state index in [1.165, 1.54) is 19.5 Å². The molecule has 4 rings (SSSR count). The Balaban J connectivity index is 1.76. The van der Waals surface area contributed by atoms with Crippen molar-refractivity contribution >= 4 is 5.91 Å². The summed E-state index contributed by atoms with van der Waals surface area (Å²) in [6, 6.07) is 1.38. The Labute approximate surface area is 155 Å². The molecule has 0 saturated carbocycles. The molecule has 0 bridgehead atoms. The highest BCUT2D eigenvalue weighted by molar-refractivity contribution is 5.98. The number of aromatic nitrogens is 3. The minimum Gasteiger partial charge on any atom is -0.496 e. The second kappa shape index (κ2) is 6.99. The van der Waals surface area contributed by atoms with Crippen LogP contribution in [0, 0.1) is 0 Å². The Bertz CT molecular complexity index is 1010. The number of fused-ring (bicyclic) bond motifs is 2. The fourth-order valence-corrected chi connectivity index (χ4v) is 3.79. The number of nitrogens with zero attached hydrogens (tertiary/aromatic N) is 3. The molecule has 0 saturated heterocycles. The van der Waals surface area contributed by atoms with Crippen LogP contribution in [0.4, 0.5) is 0 Å². The zero-order chi connectivity index (χ0) is 19.0. The van der Waals surface area contributed by atoms with Crippen LogP contribution in [0.15, 0.2) is 22.0 Å². The van der Waals surface area contributed by atoms with Gasteiger partial charge in [0.05, 0.1) is 25.7 Å². The monoisotopic (exact) mass is 371 g/mol. The minimum atomic E-state index is -0.203. The van der Waals surface area contributed by atoms with Crippen molar-refractivity contribution in [2.24, 2.45) is 0 Å². The van der Waals surface area contributed by atoms with E-state index in [-0.39, 0.29) is 23.6 Å². The Morgan fingerprint density at radius 3 is 2.89 bits per heavy atom. The normalized spacial score (nSPS) is 16.3. The van der Waals surface area contributed by atoms with Crippen LogP contribution in [0.25, 0.3) is 0 Å². The molecule has 0 aliphatic carbocycles. The van der Waals surface area contributed by atoms with Gasteiger partial charge in [-0.1, -0.05) is 0 Å². The van der Waals surface area contributed by atoms with Crippen molar-refractivity contribution in [2.45, 2.75) is 25.9 Å². The van der Waals surface area contributed by atoms with Gasteiger partial charge in [-0.3, -0.25) is 14.4 Å². The molecule has 0 unspecified atom stereocenters. The number of pyridine rings is 1. The van der Waals surface area contributed by atoms with Crippen LogP contribution in [-0.2, 0) is 25.9 Å². The standard InChI is InChI=1S/C18H21N5O4/c1-27-14-8-15(24)23-7-5-19-4-2-13(23)16(14)18(26)22-6-3-11-12(9-22)20-10-21-17(11)25/h8,10,19H,2-7,9H2,1H3,(H,20,21,25). The lowest BCUT2D eigenvalue weighted by Gasteiger charge is -2.29. The summed E-state index contributed by atoms with van der Waals surface area (Å²) in [5, 5.41) is 3.25. The van der Waals surface area contributed by atoms with E-state index in [1.807, 2.05) is 0 Å². The molecule has 1 amide bonds. The Hall–Kier alpha value is -2.94. The molecule has 9 heteroatoms. The highest BCUT2D eigenvalue weighted by Crippen LogP contribution is 2.25. The molecular weight excluding hydrogens is 350 g/mol. The number of carbonyl (C=O) groups is 1.